The van der Waals surface area contributed by atoms with Gasteiger partial charge in [-0.15, -0.1) is 0 Å². The maximum atomic E-state index is 13.0. The highest BCUT2D eigenvalue weighted by Crippen LogP contribution is 2.38. The van der Waals surface area contributed by atoms with Crippen LogP contribution in [0.3, 0.4) is 0 Å². The van der Waals surface area contributed by atoms with E-state index in [0.29, 0.717) is 6.54 Å². The number of fused-ring (bicyclic) bond motifs is 4. The van der Waals surface area contributed by atoms with Crippen LogP contribution in [0.2, 0.25) is 0 Å². The largest absolute Gasteiger partial charge is 0.322 e. The Bertz CT molecular complexity index is 2110. The minimum Gasteiger partial charge on any atom is -0.322 e. The molecule has 0 atom stereocenters. The molecule has 5 nitrogen and oxygen atoms in total. The van der Waals surface area contributed by atoms with Crippen LogP contribution in [-0.2, 0) is 20.8 Å². The number of imidazole rings is 1. The summed E-state index contributed by atoms with van der Waals surface area (Å²) in [4.78, 5) is 5.33. The van der Waals surface area contributed by atoms with Gasteiger partial charge in [-0.25, -0.2) is 4.98 Å². The Morgan fingerprint density at radius 3 is 1.93 bits per heavy atom. The maximum absolute atomic E-state index is 13.0. The first-order chi connectivity index (χ1) is 19.5. The molecule has 0 amide bonds. The van der Waals surface area contributed by atoms with Gasteiger partial charge in [-0.1, -0.05) is 90.5 Å². The minimum atomic E-state index is -3.90. The molecule has 0 radical (unpaired) electrons. The lowest BCUT2D eigenvalue weighted by molar-refractivity contribution is 0.303. The first-order valence-electron chi connectivity index (χ1n) is 13.2. The molecular weight excluding hydrogens is 516 g/mol. The van der Waals surface area contributed by atoms with Crippen LogP contribution in [0.4, 0.5) is 0 Å². The molecule has 6 heteroatoms. The lowest BCUT2D eigenvalue weighted by atomic mass is 9.96. The molecule has 0 aliphatic rings. The van der Waals surface area contributed by atoms with E-state index in [1.54, 1.807) is 24.3 Å². The zero-order chi connectivity index (χ0) is 27.3. The van der Waals surface area contributed by atoms with Crippen LogP contribution >= 0.6 is 0 Å². The average molecular weight is 543 g/mol. The normalized spacial score (nSPS) is 12.1. The van der Waals surface area contributed by atoms with Gasteiger partial charge < -0.3 is 4.57 Å². The van der Waals surface area contributed by atoms with Gasteiger partial charge in [-0.3, -0.25) is 4.18 Å². The van der Waals surface area contributed by atoms with E-state index in [2.05, 4.69) is 59.2 Å². The number of aromatic nitrogens is 2. The van der Waals surface area contributed by atoms with Gasteiger partial charge in [0.25, 0.3) is 10.1 Å². The smallest absolute Gasteiger partial charge is 0.297 e. The fourth-order valence-corrected chi connectivity index (χ4v) is 6.39. The summed E-state index contributed by atoms with van der Waals surface area (Å²) >= 11 is 0. The van der Waals surface area contributed by atoms with E-state index in [1.807, 2.05) is 43.3 Å². The number of rotatable bonds is 6. The predicted molar refractivity (Wildman–Crippen MR) is 162 cm³/mol. The van der Waals surface area contributed by atoms with Crippen molar-refractivity contribution in [1.29, 1.82) is 0 Å². The predicted octanol–water partition coefficient (Wildman–Crippen LogP) is 7.88. The second-order valence-corrected chi connectivity index (χ2v) is 11.7. The lowest BCUT2D eigenvalue weighted by Crippen LogP contribution is -2.13. The number of hydrogen-bond acceptors (Lipinski definition) is 4. The lowest BCUT2D eigenvalue weighted by Gasteiger charge is -2.15. The molecule has 0 saturated heterocycles. The highest BCUT2D eigenvalue weighted by molar-refractivity contribution is 7.86. The van der Waals surface area contributed by atoms with Crippen LogP contribution in [0, 0.1) is 6.92 Å². The Hall–Kier alpha value is -4.52. The summed E-state index contributed by atoms with van der Waals surface area (Å²) in [5.41, 5.74) is 3.80. The van der Waals surface area contributed by atoms with Crippen molar-refractivity contribution in [2.45, 2.75) is 18.4 Å². The highest BCUT2D eigenvalue weighted by Gasteiger charge is 2.20. The van der Waals surface area contributed by atoms with Crippen molar-refractivity contribution in [2.24, 2.45) is 0 Å². The van der Waals surface area contributed by atoms with Gasteiger partial charge in [0, 0.05) is 12.1 Å². The molecule has 1 heterocycles. The van der Waals surface area contributed by atoms with Crippen molar-refractivity contribution in [1.82, 2.24) is 9.55 Å². The van der Waals surface area contributed by atoms with Crippen molar-refractivity contribution in [3.8, 4) is 11.4 Å². The van der Waals surface area contributed by atoms with Gasteiger partial charge >= 0.3 is 0 Å². The van der Waals surface area contributed by atoms with Crippen LogP contribution < -0.4 is 0 Å². The molecule has 1 aromatic heterocycles. The topological polar surface area (TPSA) is 61.2 Å². The number of benzene rings is 6. The van der Waals surface area contributed by atoms with Crippen LogP contribution in [0.5, 0.6) is 0 Å². The van der Waals surface area contributed by atoms with E-state index in [4.69, 9.17) is 9.17 Å². The summed E-state index contributed by atoms with van der Waals surface area (Å²) in [6.45, 7) is 2.21. The third-order valence-electron chi connectivity index (χ3n) is 7.47. The van der Waals surface area contributed by atoms with Gasteiger partial charge in [0.15, 0.2) is 0 Å². The first kappa shape index (κ1) is 24.5. The Balaban J connectivity index is 1.41. The molecule has 196 valence electrons. The average Bonchev–Trinajstić information content (AvgIpc) is 3.31. The van der Waals surface area contributed by atoms with Crippen LogP contribution in [0.15, 0.2) is 120 Å². The van der Waals surface area contributed by atoms with Crippen molar-refractivity contribution < 1.29 is 12.6 Å². The summed E-state index contributed by atoms with van der Waals surface area (Å²) in [5, 5.41) is 6.63. The molecule has 0 N–H and O–H groups in total. The molecule has 7 rings (SSSR count). The summed E-state index contributed by atoms with van der Waals surface area (Å²) in [6, 6.07) is 38.0. The Kier molecular flexibility index (Phi) is 5.88. The van der Waals surface area contributed by atoms with E-state index in [0.717, 1.165) is 60.3 Å². The summed E-state index contributed by atoms with van der Waals surface area (Å²) in [7, 11) is -3.90. The monoisotopic (exact) mass is 542 g/mol. The third-order valence-corrected chi connectivity index (χ3v) is 8.80. The van der Waals surface area contributed by atoms with E-state index >= 15 is 0 Å². The van der Waals surface area contributed by atoms with Gasteiger partial charge in [-0.2, -0.15) is 8.42 Å². The fraction of sp³-hybridized carbons (Fsp3) is 0.0882. The van der Waals surface area contributed by atoms with E-state index in [1.165, 1.54) is 0 Å². The molecule has 0 bridgehead atoms. The van der Waals surface area contributed by atoms with Crippen molar-refractivity contribution in [3.63, 3.8) is 0 Å². The second-order valence-electron chi connectivity index (χ2n) is 10.1. The van der Waals surface area contributed by atoms with Crippen molar-refractivity contribution in [3.05, 3.63) is 121 Å². The molecule has 0 fully saturated rings. The van der Waals surface area contributed by atoms with E-state index in [-0.39, 0.29) is 11.5 Å². The van der Waals surface area contributed by atoms with E-state index in [9.17, 15) is 8.42 Å². The molecule has 0 spiro atoms. The van der Waals surface area contributed by atoms with Crippen LogP contribution in [-0.4, -0.2) is 24.6 Å². The Morgan fingerprint density at radius 2 is 1.27 bits per heavy atom. The number of aryl methyl sites for hydroxylation is 1. The molecule has 40 heavy (non-hydrogen) atoms. The molecule has 6 aromatic carbocycles. The maximum Gasteiger partial charge on any atom is 0.297 e. The molecule has 0 unspecified atom stereocenters. The second kappa shape index (κ2) is 9.59. The quantitative estimate of drug-likeness (QED) is 0.158. The standard InChI is InChI=1S/C34H26N2O3S/c1-23-14-16-28(17-15-23)40(37,38)39-19-18-36-32-22-25-9-3-2-8-24(25)21-31(32)35-34(36)33-29-12-6-4-10-26(29)20-27-11-5-7-13-30(27)33/h2-17,20-22H,18-19H2,1H3. The zero-order valence-corrected chi connectivity index (χ0v) is 22.7. The fourth-order valence-electron chi connectivity index (χ4n) is 5.49. The number of nitrogens with zero attached hydrogens (tertiary/aromatic N) is 2. The van der Waals surface area contributed by atoms with E-state index < -0.39 is 10.1 Å². The van der Waals surface area contributed by atoms with Gasteiger partial charge in [0.1, 0.15) is 5.82 Å². The summed E-state index contributed by atoms with van der Waals surface area (Å²) in [5.74, 6) is 0.787. The molecule has 0 aliphatic heterocycles. The molecule has 7 aromatic rings. The molecule has 0 aliphatic carbocycles. The van der Waals surface area contributed by atoms with Crippen LogP contribution in [0.1, 0.15) is 5.56 Å². The van der Waals surface area contributed by atoms with Crippen molar-refractivity contribution in [2.75, 3.05) is 6.61 Å². The van der Waals surface area contributed by atoms with Gasteiger partial charge in [0.2, 0.25) is 0 Å². The third kappa shape index (κ3) is 4.22. The van der Waals surface area contributed by atoms with Crippen molar-refractivity contribution >= 4 is 53.5 Å². The van der Waals surface area contributed by atoms with Gasteiger partial charge in [-0.05, 0) is 69.6 Å². The van der Waals surface area contributed by atoms with Gasteiger partial charge in [0.05, 0.1) is 22.5 Å². The minimum absolute atomic E-state index is 0.0236. The summed E-state index contributed by atoms with van der Waals surface area (Å²) in [6.07, 6.45) is 0. The first-order valence-corrected chi connectivity index (χ1v) is 14.6. The van der Waals surface area contributed by atoms with Crippen LogP contribution in [0.25, 0.3) is 54.7 Å². The molecular formula is C34H26N2O3S. The number of hydrogen-bond donors (Lipinski definition) is 0. The zero-order valence-electron chi connectivity index (χ0n) is 21.9. The Labute approximate surface area is 232 Å². The highest BCUT2D eigenvalue weighted by atomic mass is 32.2. The molecule has 0 saturated carbocycles. The Morgan fingerprint density at radius 1 is 0.700 bits per heavy atom. The summed E-state index contributed by atoms with van der Waals surface area (Å²) < 4.78 is 33.6. The SMILES string of the molecule is Cc1ccc(S(=O)(=O)OCCn2c(-c3c4ccccc4cc4ccccc34)nc3cc4ccccc4cc32)cc1.